The molecule has 0 aromatic heterocycles. The zero-order valence-electron chi connectivity index (χ0n) is 10.1. The fraction of sp³-hybridized carbons (Fsp3) is 0.462. The zero-order chi connectivity index (χ0) is 12.6. The normalized spacial score (nSPS) is 16.6. The Labute approximate surface area is 113 Å². The summed E-state index contributed by atoms with van der Waals surface area (Å²) in [6, 6.07) is 6.30. The highest BCUT2D eigenvalue weighted by Gasteiger charge is 2.31. The smallest absolute Gasteiger partial charge is 0.107 e. The molecular weight excluding hydrogens is 252 g/mol. The van der Waals surface area contributed by atoms with Crippen LogP contribution < -0.4 is 10.6 Å². The third-order valence-corrected chi connectivity index (χ3v) is 4.05. The maximum atomic E-state index is 6.17. The minimum atomic E-state index is 0.362. The van der Waals surface area contributed by atoms with Crippen molar-refractivity contribution in [3.8, 4) is 0 Å². The second-order valence-electron chi connectivity index (χ2n) is 4.69. The van der Waals surface area contributed by atoms with Gasteiger partial charge in [0.15, 0.2) is 0 Å². The number of hydrogen-bond donors (Lipinski definition) is 1. The minimum absolute atomic E-state index is 0.362. The van der Waals surface area contributed by atoms with Crippen LogP contribution in [0, 0.1) is 5.92 Å². The van der Waals surface area contributed by atoms with E-state index in [1.165, 1.54) is 12.8 Å². The summed E-state index contributed by atoms with van der Waals surface area (Å²) >= 11 is 11.3. The van der Waals surface area contributed by atoms with Crippen LogP contribution >= 0.6 is 23.8 Å². The molecule has 4 heteroatoms. The van der Waals surface area contributed by atoms with E-state index in [0.29, 0.717) is 16.1 Å². The Bertz CT molecular complexity index is 443. The standard InChI is InChI=1S/C13H17ClN2S/c1-8(9-6-7-9)16(2)11-5-3-4-10(14)12(11)13(15)17/h3-5,8-9H,6-7H2,1-2H3,(H2,15,17). The molecule has 0 spiro atoms. The molecule has 0 saturated heterocycles. The van der Waals surface area contributed by atoms with E-state index >= 15 is 0 Å². The highest BCUT2D eigenvalue weighted by atomic mass is 35.5. The predicted molar refractivity (Wildman–Crippen MR) is 77.9 cm³/mol. The molecule has 1 fully saturated rings. The first-order chi connectivity index (χ1) is 8.02. The van der Waals surface area contributed by atoms with Crippen molar-refractivity contribution in [1.29, 1.82) is 0 Å². The molecule has 1 aromatic rings. The van der Waals surface area contributed by atoms with E-state index in [1.54, 1.807) is 0 Å². The van der Waals surface area contributed by atoms with Gasteiger partial charge in [-0.1, -0.05) is 29.9 Å². The number of hydrogen-bond acceptors (Lipinski definition) is 2. The highest BCUT2D eigenvalue weighted by Crippen LogP contribution is 2.37. The van der Waals surface area contributed by atoms with Crippen LogP contribution in [0.5, 0.6) is 0 Å². The van der Waals surface area contributed by atoms with Crippen LogP contribution in [0.25, 0.3) is 0 Å². The topological polar surface area (TPSA) is 29.3 Å². The fourth-order valence-electron chi connectivity index (χ4n) is 2.16. The van der Waals surface area contributed by atoms with Crippen molar-refractivity contribution in [3.63, 3.8) is 0 Å². The van der Waals surface area contributed by atoms with Gasteiger partial charge in [0.25, 0.3) is 0 Å². The van der Waals surface area contributed by atoms with Crippen LogP contribution in [-0.4, -0.2) is 18.1 Å². The number of benzene rings is 1. The molecule has 92 valence electrons. The van der Waals surface area contributed by atoms with E-state index in [9.17, 15) is 0 Å². The van der Waals surface area contributed by atoms with Gasteiger partial charge in [0.05, 0.1) is 10.6 Å². The van der Waals surface area contributed by atoms with Crippen molar-refractivity contribution in [1.82, 2.24) is 0 Å². The first kappa shape index (κ1) is 12.7. The molecule has 1 saturated carbocycles. The second kappa shape index (κ2) is 4.83. The average Bonchev–Trinajstić information content (AvgIpc) is 3.10. The van der Waals surface area contributed by atoms with Crippen LogP contribution in [0.4, 0.5) is 5.69 Å². The van der Waals surface area contributed by atoms with E-state index in [1.807, 2.05) is 18.2 Å². The summed E-state index contributed by atoms with van der Waals surface area (Å²) in [4.78, 5) is 2.60. The van der Waals surface area contributed by atoms with Gasteiger partial charge in [-0.25, -0.2) is 0 Å². The number of thiocarbonyl (C=S) groups is 1. The predicted octanol–water partition coefficient (Wildman–Crippen LogP) is 3.21. The van der Waals surface area contributed by atoms with Crippen LogP contribution in [0.1, 0.15) is 25.3 Å². The molecule has 2 N–H and O–H groups in total. The van der Waals surface area contributed by atoms with Gasteiger partial charge >= 0.3 is 0 Å². The van der Waals surface area contributed by atoms with E-state index in [4.69, 9.17) is 29.6 Å². The molecule has 1 aliphatic carbocycles. The SMILES string of the molecule is CC(C1CC1)N(C)c1cccc(Cl)c1C(N)=S. The van der Waals surface area contributed by atoms with E-state index in [2.05, 4.69) is 18.9 Å². The number of nitrogens with two attached hydrogens (primary N) is 1. The minimum Gasteiger partial charge on any atom is -0.389 e. The zero-order valence-corrected chi connectivity index (χ0v) is 11.7. The summed E-state index contributed by atoms with van der Waals surface area (Å²) in [7, 11) is 2.08. The molecule has 1 unspecified atom stereocenters. The van der Waals surface area contributed by atoms with Crippen molar-refractivity contribution in [2.24, 2.45) is 11.7 Å². The maximum absolute atomic E-state index is 6.17. The molecule has 2 rings (SSSR count). The summed E-state index contributed by atoms with van der Waals surface area (Å²) < 4.78 is 0. The van der Waals surface area contributed by atoms with Gasteiger partial charge in [-0.05, 0) is 37.8 Å². The number of nitrogens with zero attached hydrogens (tertiary/aromatic N) is 1. The van der Waals surface area contributed by atoms with Crippen LogP contribution in [0.3, 0.4) is 0 Å². The van der Waals surface area contributed by atoms with E-state index in [-0.39, 0.29) is 0 Å². The van der Waals surface area contributed by atoms with Gasteiger partial charge in [-0.3, -0.25) is 0 Å². The highest BCUT2D eigenvalue weighted by molar-refractivity contribution is 7.80. The number of halogens is 1. The molecule has 1 aliphatic rings. The van der Waals surface area contributed by atoms with Crippen LogP contribution in [0.2, 0.25) is 5.02 Å². The molecule has 0 aliphatic heterocycles. The Morgan fingerprint density at radius 3 is 2.71 bits per heavy atom. The molecule has 0 bridgehead atoms. The van der Waals surface area contributed by atoms with Crippen molar-refractivity contribution >= 4 is 34.5 Å². The number of anilines is 1. The van der Waals surface area contributed by atoms with Gasteiger partial charge in [0.2, 0.25) is 0 Å². The Kier molecular flexibility index (Phi) is 3.59. The summed E-state index contributed by atoms with van der Waals surface area (Å²) in [6.45, 7) is 2.24. The van der Waals surface area contributed by atoms with Crippen LogP contribution in [-0.2, 0) is 0 Å². The van der Waals surface area contributed by atoms with Gasteiger partial charge in [-0.2, -0.15) is 0 Å². The third-order valence-electron chi connectivity index (χ3n) is 3.53. The molecule has 0 heterocycles. The summed E-state index contributed by atoms with van der Waals surface area (Å²) in [5.74, 6) is 0.790. The fourth-order valence-corrected chi connectivity index (χ4v) is 2.71. The van der Waals surface area contributed by atoms with E-state index in [0.717, 1.165) is 17.2 Å². The first-order valence-corrected chi connectivity index (χ1v) is 6.62. The van der Waals surface area contributed by atoms with Crippen molar-refractivity contribution < 1.29 is 0 Å². The summed E-state index contributed by atoms with van der Waals surface area (Å²) in [6.07, 6.45) is 2.63. The van der Waals surface area contributed by atoms with Crippen molar-refractivity contribution in [3.05, 3.63) is 28.8 Å². The lowest BCUT2D eigenvalue weighted by Gasteiger charge is -2.29. The third kappa shape index (κ3) is 2.55. The number of rotatable bonds is 4. The molecule has 1 aromatic carbocycles. The van der Waals surface area contributed by atoms with Gasteiger partial charge in [0.1, 0.15) is 4.99 Å². The van der Waals surface area contributed by atoms with Crippen LogP contribution in [0.15, 0.2) is 18.2 Å². The molecule has 17 heavy (non-hydrogen) atoms. The molecule has 2 nitrogen and oxygen atoms in total. The Hall–Kier alpha value is -0.800. The summed E-state index contributed by atoms with van der Waals surface area (Å²) in [5, 5.41) is 0.629. The molecule has 0 radical (unpaired) electrons. The molecular formula is C13H17ClN2S. The van der Waals surface area contributed by atoms with Gasteiger partial charge in [-0.15, -0.1) is 0 Å². The van der Waals surface area contributed by atoms with Crippen molar-refractivity contribution in [2.45, 2.75) is 25.8 Å². The quantitative estimate of drug-likeness (QED) is 0.851. The largest absolute Gasteiger partial charge is 0.389 e. The Morgan fingerprint density at radius 2 is 2.18 bits per heavy atom. The lowest BCUT2D eigenvalue weighted by molar-refractivity contribution is 0.609. The molecule has 0 amide bonds. The lowest BCUT2D eigenvalue weighted by Crippen LogP contribution is -2.32. The second-order valence-corrected chi connectivity index (χ2v) is 5.53. The maximum Gasteiger partial charge on any atom is 0.107 e. The van der Waals surface area contributed by atoms with Crippen molar-refractivity contribution in [2.75, 3.05) is 11.9 Å². The molecule has 1 atom stereocenters. The van der Waals surface area contributed by atoms with E-state index < -0.39 is 0 Å². The lowest BCUT2D eigenvalue weighted by atomic mass is 10.1. The van der Waals surface area contributed by atoms with Gasteiger partial charge < -0.3 is 10.6 Å². The Morgan fingerprint density at radius 1 is 1.53 bits per heavy atom. The monoisotopic (exact) mass is 268 g/mol. The summed E-state index contributed by atoms with van der Waals surface area (Å²) in [5.41, 5.74) is 7.59. The average molecular weight is 269 g/mol. The van der Waals surface area contributed by atoms with Gasteiger partial charge in [0, 0.05) is 18.8 Å². The Balaban J connectivity index is 2.36. The first-order valence-electron chi connectivity index (χ1n) is 5.83.